The Hall–Kier alpha value is -2.37. The van der Waals surface area contributed by atoms with Crippen molar-refractivity contribution in [3.8, 4) is 5.75 Å². The van der Waals surface area contributed by atoms with Crippen molar-refractivity contribution in [1.82, 2.24) is 10.7 Å². The van der Waals surface area contributed by atoms with Crippen molar-refractivity contribution in [2.45, 2.75) is 26.8 Å². The second-order valence-corrected chi connectivity index (χ2v) is 4.51. The summed E-state index contributed by atoms with van der Waals surface area (Å²) < 4.78 is 5.34. The molecule has 6 nitrogen and oxygen atoms in total. The van der Waals surface area contributed by atoms with E-state index in [1.807, 2.05) is 13.8 Å². The van der Waals surface area contributed by atoms with E-state index >= 15 is 0 Å². The number of rotatable bonds is 6. The average Bonchev–Trinajstić information content (AvgIpc) is 2.36. The zero-order valence-electron chi connectivity index (χ0n) is 11.8. The van der Waals surface area contributed by atoms with E-state index in [0.29, 0.717) is 5.75 Å². The third kappa shape index (κ3) is 6.53. The van der Waals surface area contributed by atoms with Crippen LogP contribution in [-0.4, -0.2) is 30.7 Å². The number of carbonyl (C=O) groups excluding carboxylic acids is 2. The molecule has 0 aliphatic carbocycles. The number of ether oxygens (including phenoxy) is 1. The highest BCUT2D eigenvalue weighted by molar-refractivity contribution is 5.82. The standard InChI is InChI=1S/C14H19N3O3/c1-10(2)16-14(19)9-20-13-6-4-12(5-7-13)8-15-17-11(3)18/h4-8,10H,9H2,1-3H3,(H,16,19)(H,17,18)/b15-8+. The van der Waals surface area contributed by atoms with E-state index in [0.717, 1.165) is 5.56 Å². The van der Waals surface area contributed by atoms with Crippen molar-refractivity contribution in [3.05, 3.63) is 29.8 Å². The lowest BCUT2D eigenvalue weighted by molar-refractivity contribution is -0.123. The third-order valence-corrected chi connectivity index (χ3v) is 2.14. The summed E-state index contributed by atoms with van der Waals surface area (Å²) in [6.07, 6.45) is 1.52. The van der Waals surface area contributed by atoms with E-state index in [9.17, 15) is 9.59 Å². The van der Waals surface area contributed by atoms with Gasteiger partial charge in [0, 0.05) is 13.0 Å². The van der Waals surface area contributed by atoms with Gasteiger partial charge in [-0.2, -0.15) is 5.10 Å². The molecule has 108 valence electrons. The molecule has 6 heteroatoms. The molecular formula is C14H19N3O3. The Bertz CT molecular complexity index is 481. The molecule has 0 unspecified atom stereocenters. The molecule has 0 heterocycles. The fraction of sp³-hybridized carbons (Fsp3) is 0.357. The van der Waals surface area contributed by atoms with Crippen LogP contribution in [0.5, 0.6) is 5.75 Å². The van der Waals surface area contributed by atoms with E-state index in [1.165, 1.54) is 13.1 Å². The van der Waals surface area contributed by atoms with Gasteiger partial charge in [0.2, 0.25) is 5.91 Å². The predicted molar refractivity (Wildman–Crippen MR) is 76.6 cm³/mol. The van der Waals surface area contributed by atoms with Gasteiger partial charge in [0.05, 0.1) is 6.21 Å². The molecule has 2 N–H and O–H groups in total. The van der Waals surface area contributed by atoms with Crippen molar-refractivity contribution in [3.63, 3.8) is 0 Å². The van der Waals surface area contributed by atoms with Crippen LogP contribution in [0, 0.1) is 0 Å². The first-order valence-electron chi connectivity index (χ1n) is 6.29. The van der Waals surface area contributed by atoms with Gasteiger partial charge in [-0.25, -0.2) is 5.43 Å². The number of hydrogen-bond donors (Lipinski definition) is 2. The molecule has 0 atom stereocenters. The van der Waals surface area contributed by atoms with Crippen molar-refractivity contribution >= 4 is 18.0 Å². The van der Waals surface area contributed by atoms with Gasteiger partial charge in [-0.15, -0.1) is 0 Å². The Morgan fingerprint density at radius 1 is 1.30 bits per heavy atom. The molecule has 0 aliphatic heterocycles. The van der Waals surface area contributed by atoms with Gasteiger partial charge in [-0.3, -0.25) is 9.59 Å². The molecule has 1 aromatic carbocycles. The molecule has 0 aromatic heterocycles. The number of benzene rings is 1. The molecule has 2 amide bonds. The Kier molecular flexibility index (Phi) is 6.22. The van der Waals surface area contributed by atoms with Gasteiger partial charge >= 0.3 is 0 Å². The minimum atomic E-state index is -0.225. The highest BCUT2D eigenvalue weighted by Crippen LogP contribution is 2.10. The number of hydrazone groups is 1. The number of nitrogens with zero attached hydrogens (tertiary/aromatic N) is 1. The first-order chi connectivity index (χ1) is 9.47. The van der Waals surface area contributed by atoms with E-state index in [1.54, 1.807) is 24.3 Å². The van der Waals surface area contributed by atoms with Crippen LogP contribution in [0.3, 0.4) is 0 Å². The van der Waals surface area contributed by atoms with E-state index in [4.69, 9.17) is 4.74 Å². The molecule has 20 heavy (non-hydrogen) atoms. The molecule has 0 bridgehead atoms. The van der Waals surface area contributed by atoms with E-state index < -0.39 is 0 Å². The quantitative estimate of drug-likeness (QED) is 0.602. The van der Waals surface area contributed by atoms with Crippen LogP contribution in [0.1, 0.15) is 26.3 Å². The van der Waals surface area contributed by atoms with Gasteiger partial charge in [0.1, 0.15) is 5.75 Å². The molecule has 0 fully saturated rings. The first-order valence-corrected chi connectivity index (χ1v) is 6.29. The molecule has 0 spiro atoms. The minimum absolute atomic E-state index is 0.0164. The summed E-state index contributed by atoms with van der Waals surface area (Å²) in [7, 11) is 0. The summed E-state index contributed by atoms with van der Waals surface area (Å²) in [6, 6.07) is 7.12. The minimum Gasteiger partial charge on any atom is -0.484 e. The lowest BCUT2D eigenvalue weighted by atomic mass is 10.2. The van der Waals surface area contributed by atoms with Crippen LogP contribution in [0.4, 0.5) is 0 Å². The van der Waals surface area contributed by atoms with E-state index in [2.05, 4.69) is 15.8 Å². The highest BCUT2D eigenvalue weighted by Gasteiger charge is 2.03. The topological polar surface area (TPSA) is 79.8 Å². The zero-order chi connectivity index (χ0) is 15.0. The van der Waals surface area contributed by atoms with Crippen molar-refractivity contribution in [1.29, 1.82) is 0 Å². The highest BCUT2D eigenvalue weighted by atomic mass is 16.5. The maximum absolute atomic E-state index is 11.4. The van der Waals surface area contributed by atoms with Crippen molar-refractivity contribution in [2.75, 3.05) is 6.61 Å². The van der Waals surface area contributed by atoms with Crippen LogP contribution in [0.15, 0.2) is 29.4 Å². The second kappa shape index (κ2) is 7.93. The van der Waals surface area contributed by atoms with Gasteiger partial charge in [0.25, 0.3) is 5.91 Å². The Morgan fingerprint density at radius 3 is 2.50 bits per heavy atom. The summed E-state index contributed by atoms with van der Waals surface area (Å²) in [5.41, 5.74) is 3.13. The van der Waals surface area contributed by atoms with Crippen LogP contribution in [0.2, 0.25) is 0 Å². The number of hydrogen-bond acceptors (Lipinski definition) is 4. The normalized spacial score (nSPS) is 10.6. The average molecular weight is 277 g/mol. The fourth-order valence-corrected chi connectivity index (χ4v) is 1.36. The molecule has 0 radical (unpaired) electrons. The molecule has 0 saturated carbocycles. The maximum atomic E-state index is 11.4. The van der Waals surface area contributed by atoms with Gasteiger partial charge in [-0.05, 0) is 43.7 Å². The fourth-order valence-electron chi connectivity index (χ4n) is 1.36. The van der Waals surface area contributed by atoms with Crippen LogP contribution < -0.4 is 15.5 Å². The smallest absolute Gasteiger partial charge is 0.258 e. The number of nitrogens with one attached hydrogen (secondary N) is 2. The lowest BCUT2D eigenvalue weighted by Crippen LogP contribution is -2.34. The molecular weight excluding hydrogens is 258 g/mol. The summed E-state index contributed by atoms with van der Waals surface area (Å²) in [4.78, 5) is 22.0. The summed E-state index contributed by atoms with van der Waals surface area (Å²) in [5, 5.41) is 6.49. The Morgan fingerprint density at radius 2 is 1.95 bits per heavy atom. The summed E-state index contributed by atoms with van der Waals surface area (Å²) in [6.45, 7) is 5.15. The first kappa shape index (κ1) is 15.7. The van der Waals surface area contributed by atoms with Crippen LogP contribution in [-0.2, 0) is 9.59 Å². The largest absolute Gasteiger partial charge is 0.484 e. The second-order valence-electron chi connectivity index (χ2n) is 4.51. The van der Waals surface area contributed by atoms with Crippen molar-refractivity contribution < 1.29 is 14.3 Å². The van der Waals surface area contributed by atoms with Crippen LogP contribution >= 0.6 is 0 Å². The Balaban J connectivity index is 2.44. The van der Waals surface area contributed by atoms with E-state index in [-0.39, 0.29) is 24.5 Å². The summed E-state index contributed by atoms with van der Waals surface area (Å²) >= 11 is 0. The maximum Gasteiger partial charge on any atom is 0.258 e. The molecule has 1 rings (SSSR count). The number of carbonyl (C=O) groups is 2. The SMILES string of the molecule is CC(=O)N/N=C/c1ccc(OCC(=O)NC(C)C)cc1. The monoisotopic (exact) mass is 277 g/mol. The lowest BCUT2D eigenvalue weighted by Gasteiger charge is -2.09. The number of amides is 2. The molecule has 0 aliphatic rings. The van der Waals surface area contributed by atoms with Gasteiger partial charge in [0.15, 0.2) is 6.61 Å². The Labute approximate surface area is 118 Å². The van der Waals surface area contributed by atoms with Crippen LogP contribution in [0.25, 0.3) is 0 Å². The zero-order valence-corrected chi connectivity index (χ0v) is 11.8. The molecule has 0 saturated heterocycles. The summed E-state index contributed by atoms with van der Waals surface area (Å²) in [5.74, 6) is 0.217. The molecule has 1 aromatic rings. The third-order valence-electron chi connectivity index (χ3n) is 2.14. The van der Waals surface area contributed by atoms with Gasteiger partial charge < -0.3 is 10.1 Å². The predicted octanol–water partition coefficient (Wildman–Crippen LogP) is 1.06. The van der Waals surface area contributed by atoms with Crippen molar-refractivity contribution in [2.24, 2.45) is 5.10 Å². The van der Waals surface area contributed by atoms with Gasteiger partial charge in [-0.1, -0.05) is 0 Å².